The zero-order valence-corrected chi connectivity index (χ0v) is 18.1. The van der Waals surface area contributed by atoms with Crippen LogP contribution in [0.4, 0.5) is 5.69 Å². The third-order valence-corrected chi connectivity index (χ3v) is 7.65. The molecule has 1 amide bonds. The van der Waals surface area contributed by atoms with Crippen LogP contribution in [0, 0.1) is 17.0 Å². The predicted octanol–water partition coefficient (Wildman–Crippen LogP) is 2.36. The number of nitrogens with one attached hydrogen (secondary N) is 1. The van der Waals surface area contributed by atoms with E-state index in [1.54, 1.807) is 30.3 Å². The number of nitro benzene ring substituents is 1. The molecule has 2 heterocycles. The number of non-ortho nitro benzene ring substituents is 1. The molecule has 12 heteroatoms. The van der Waals surface area contributed by atoms with Gasteiger partial charge in [-0.25, -0.2) is 13.4 Å². The lowest BCUT2D eigenvalue weighted by atomic mass is 10.2. The van der Waals surface area contributed by atoms with Crippen molar-refractivity contribution in [2.75, 3.05) is 25.5 Å². The number of carbonyl (C=O) groups excluding carboxylic acids is 1. The lowest BCUT2D eigenvalue weighted by Crippen LogP contribution is -2.34. The molecule has 1 aliphatic heterocycles. The highest BCUT2D eigenvalue weighted by Gasteiger charge is 2.33. The quantitative estimate of drug-likeness (QED) is 0.339. The number of carbonyl (C=O) groups is 1. The molecule has 1 N–H and O–H groups in total. The van der Waals surface area contributed by atoms with Gasteiger partial charge in [0.2, 0.25) is 15.9 Å². The van der Waals surface area contributed by atoms with Crippen molar-refractivity contribution in [3.05, 3.63) is 58.1 Å². The molecule has 1 aliphatic rings. The lowest BCUT2D eigenvalue weighted by Gasteiger charge is -2.18. The molecule has 0 spiro atoms. The van der Waals surface area contributed by atoms with E-state index in [1.807, 2.05) is 6.92 Å². The SMILES string of the molecule is Cc1ccc(S(=O)(=O)N2CCN(C(=O)CSc3nc4ccc([N+](=O)[O-])cc4[nH]3)C2)cc1. The lowest BCUT2D eigenvalue weighted by molar-refractivity contribution is -0.384. The van der Waals surface area contributed by atoms with Gasteiger partial charge in [-0.15, -0.1) is 0 Å². The molecule has 1 aromatic heterocycles. The van der Waals surface area contributed by atoms with Crippen LogP contribution in [0.5, 0.6) is 0 Å². The Morgan fingerprint density at radius 2 is 1.97 bits per heavy atom. The van der Waals surface area contributed by atoms with Crippen molar-refractivity contribution in [2.24, 2.45) is 0 Å². The minimum atomic E-state index is -3.66. The van der Waals surface area contributed by atoms with Gasteiger partial charge in [0.15, 0.2) is 5.16 Å². The van der Waals surface area contributed by atoms with E-state index in [1.165, 1.54) is 33.1 Å². The number of fused-ring (bicyclic) bond motifs is 1. The first-order valence-corrected chi connectivity index (χ1v) is 11.8. The van der Waals surface area contributed by atoms with Gasteiger partial charge >= 0.3 is 0 Å². The van der Waals surface area contributed by atoms with Crippen molar-refractivity contribution in [2.45, 2.75) is 17.0 Å². The molecule has 0 saturated carbocycles. The second-order valence-corrected chi connectivity index (χ2v) is 9.98. The van der Waals surface area contributed by atoms with Crippen LogP contribution in [-0.2, 0) is 14.8 Å². The number of aromatic nitrogens is 2. The summed E-state index contributed by atoms with van der Waals surface area (Å²) in [7, 11) is -3.66. The van der Waals surface area contributed by atoms with Crippen molar-refractivity contribution in [3.63, 3.8) is 0 Å². The number of thioether (sulfide) groups is 1. The maximum absolute atomic E-state index is 12.8. The number of imidazole rings is 1. The summed E-state index contributed by atoms with van der Waals surface area (Å²) >= 11 is 1.17. The monoisotopic (exact) mass is 461 g/mol. The molecule has 0 aliphatic carbocycles. The van der Waals surface area contributed by atoms with Crippen LogP contribution in [0.1, 0.15) is 5.56 Å². The number of hydrogen-bond acceptors (Lipinski definition) is 7. The molecular weight excluding hydrogens is 442 g/mol. The summed E-state index contributed by atoms with van der Waals surface area (Å²) < 4.78 is 26.9. The molecule has 0 unspecified atom stereocenters. The minimum absolute atomic E-state index is 0.00191. The zero-order valence-electron chi connectivity index (χ0n) is 16.5. The fourth-order valence-corrected chi connectivity index (χ4v) is 5.38. The maximum Gasteiger partial charge on any atom is 0.271 e. The molecule has 2 aromatic carbocycles. The Morgan fingerprint density at radius 1 is 1.23 bits per heavy atom. The summed E-state index contributed by atoms with van der Waals surface area (Å²) in [6.45, 7) is 2.44. The van der Waals surface area contributed by atoms with E-state index in [4.69, 9.17) is 0 Å². The molecule has 4 rings (SSSR count). The first-order valence-electron chi connectivity index (χ1n) is 9.35. The van der Waals surface area contributed by atoms with E-state index < -0.39 is 14.9 Å². The van der Waals surface area contributed by atoms with Gasteiger partial charge in [-0.1, -0.05) is 29.5 Å². The van der Waals surface area contributed by atoms with Gasteiger partial charge in [-0.3, -0.25) is 14.9 Å². The molecular formula is C19H19N5O5S2. The Morgan fingerprint density at radius 3 is 2.68 bits per heavy atom. The highest BCUT2D eigenvalue weighted by atomic mass is 32.2. The van der Waals surface area contributed by atoms with Crippen LogP contribution in [0.3, 0.4) is 0 Å². The number of aryl methyl sites for hydroxylation is 1. The second-order valence-electron chi connectivity index (χ2n) is 7.08. The number of rotatable bonds is 6. The summed E-state index contributed by atoms with van der Waals surface area (Å²) in [5.41, 5.74) is 2.00. The van der Waals surface area contributed by atoms with Gasteiger partial charge in [0.1, 0.15) is 0 Å². The van der Waals surface area contributed by atoms with Gasteiger partial charge < -0.3 is 9.88 Å². The van der Waals surface area contributed by atoms with Gasteiger partial charge in [0.25, 0.3) is 5.69 Å². The number of aromatic amines is 1. The number of H-pyrrole nitrogens is 1. The van der Waals surface area contributed by atoms with E-state index in [0.29, 0.717) is 22.7 Å². The Bertz CT molecular complexity index is 1260. The Balaban J connectivity index is 1.38. The normalized spacial score (nSPS) is 14.9. The van der Waals surface area contributed by atoms with Crippen LogP contribution in [-0.4, -0.2) is 63.9 Å². The summed E-state index contributed by atoms with van der Waals surface area (Å²) in [4.78, 5) is 32.0. The summed E-state index contributed by atoms with van der Waals surface area (Å²) in [5.74, 6) is -0.140. The fraction of sp³-hybridized carbons (Fsp3) is 0.263. The highest BCUT2D eigenvalue weighted by Crippen LogP contribution is 2.24. The highest BCUT2D eigenvalue weighted by molar-refractivity contribution is 7.99. The van der Waals surface area contributed by atoms with Gasteiger partial charge in [-0.05, 0) is 25.1 Å². The van der Waals surface area contributed by atoms with E-state index in [0.717, 1.165) is 5.56 Å². The molecule has 0 radical (unpaired) electrons. The average molecular weight is 462 g/mol. The Labute approximate surface area is 182 Å². The molecule has 10 nitrogen and oxygen atoms in total. The number of nitrogens with zero attached hydrogens (tertiary/aromatic N) is 4. The molecule has 3 aromatic rings. The number of nitro groups is 1. The van der Waals surface area contributed by atoms with Crippen molar-refractivity contribution >= 4 is 44.4 Å². The third kappa shape index (κ3) is 4.40. The second kappa shape index (κ2) is 8.29. The average Bonchev–Trinajstić information content (AvgIpc) is 3.39. The van der Waals surface area contributed by atoms with E-state index in [-0.39, 0.29) is 35.5 Å². The van der Waals surface area contributed by atoms with Crippen LogP contribution < -0.4 is 0 Å². The van der Waals surface area contributed by atoms with E-state index in [2.05, 4.69) is 9.97 Å². The van der Waals surface area contributed by atoms with Gasteiger partial charge in [0.05, 0.1) is 33.3 Å². The topological polar surface area (TPSA) is 130 Å². The number of amides is 1. The van der Waals surface area contributed by atoms with Crippen LogP contribution in [0.2, 0.25) is 0 Å². The van der Waals surface area contributed by atoms with Crippen molar-refractivity contribution in [1.82, 2.24) is 19.2 Å². The predicted molar refractivity (Wildman–Crippen MR) is 115 cm³/mol. The minimum Gasteiger partial charge on any atom is -0.333 e. The number of benzene rings is 2. The Kier molecular flexibility index (Phi) is 5.69. The molecule has 0 atom stereocenters. The van der Waals surface area contributed by atoms with Crippen molar-refractivity contribution in [1.29, 1.82) is 0 Å². The largest absolute Gasteiger partial charge is 0.333 e. The van der Waals surface area contributed by atoms with Crippen LogP contribution in [0.15, 0.2) is 52.5 Å². The van der Waals surface area contributed by atoms with Crippen LogP contribution in [0.25, 0.3) is 11.0 Å². The molecule has 1 saturated heterocycles. The van der Waals surface area contributed by atoms with E-state index in [9.17, 15) is 23.3 Å². The summed E-state index contributed by atoms with van der Waals surface area (Å²) in [6, 6.07) is 10.9. The van der Waals surface area contributed by atoms with Crippen molar-refractivity contribution in [3.8, 4) is 0 Å². The number of hydrogen-bond donors (Lipinski definition) is 1. The standard InChI is InChI=1S/C19H19N5O5S2/c1-13-2-5-15(6-3-13)31(28,29)23-9-8-22(12-23)18(25)11-30-19-20-16-7-4-14(24(26)27)10-17(16)21-19/h2-7,10H,8-9,11-12H2,1H3,(H,20,21). The molecule has 0 bridgehead atoms. The first kappa shape index (κ1) is 21.3. The third-order valence-electron chi connectivity index (χ3n) is 4.95. The van der Waals surface area contributed by atoms with Crippen molar-refractivity contribution < 1.29 is 18.1 Å². The van der Waals surface area contributed by atoms with Gasteiger partial charge in [0, 0.05) is 25.2 Å². The first-order chi connectivity index (χ1) is 14.7. The molecule has 162 valence electrons. The zero-order chi connectivity index (χ0) is 22.2. The fourth-order valence-electron chi connectivity index (χ4n) is 3.20. The van der Waals surface area contributed by atoms with Crippen LogP contribution >= 0.6 is 11.8 Å². The summed E-state index contributed by atoms with van der Waals surface area (Å²) in [6.07, 6.45) is 0. The molecule has 31 heavy (non-hydrogen) atoms. The maximum atomic E-state index is 12.8. The molecule has 1 fully saturated rings. The smallest absolute Gasteiger partial charge is 0.271 e. The van der Waals surface area contributed by atoms with Gasteiger partial charge in [-0.2, -0.15) is 4.31 Å². The summed E-state index contributed by atoms with van der Waals surface area (Å²) in [5, 5.41) is 11.4. The van der Waals surface area contributed by atoms with E-state index >= 15 is 0 Å². The number of sulfonamides is 1. The Hall–Kier alpha value is -2.96.